The Balaban J connectivity index is 2.15. The van der Waals surface area contributed by atoms with Crippen molar-refractivity contribution in [2.75, 3.05) is 18.0 Å². The maximum atomic E-state index is 9.02. The number of anilines is 1. The van der Waals surface area contributed by atoms with Gasteiger partial charge in [0.2, 0.25) is 0 Å². The highest BCUT2D eigenvalue weighted by Crippen LogP contribution is 2.27. The van der Waals surface area contributed by atoms with E-state index in [1.165, 1.54) is 18.4 Å². The molecule has 2 aromatic rings. The van der Waals surface area contributed by atoms with Crippen molar-refractivity contribution < 1.29 is 0 Å². The van der Waals surface area contributed by atoms with Crippen LogP contribution in [-0.4, -0.2) is 18.1 Å². The van der Waals surface area contributed by atoms with Crippen LogP contribution in [0.2, 0.25) is 0 Å². The summed E-state index contributed by atoms with van der Waals surface area (Å²) in [6.07, 6.45) is 2.88. The first-order chi connectivity index (χ1) is 9.28. The molecule has 0 amide bonds. The monoisotopic (exact) mass is 251 g/mol. The summed E-state index contributed by atoms with van der Waals surface area (Å²) in [7, 11) is 0. The fourth-order valence-corrected chi connectivity index (χ4v) is 2.75. The van der Waals surface area contributed by atoms with E-state index in [0.29, 0.717) is 6.42 Å². The fraction of sp³-hybridized carbons (Fsp3) is 0.375. The molecule has 1 saturated heterocycles. The van der Waals surface area contributed by atoms with Crippen molar-refractivity contribution in [3.05, 3.63) is 35.4 Å². The average Bonchev–Trinajstić information content (AvgIpc) is 2.92. The van der Waals surface area contributed by atoms with Gasteiger partial charge in [0.05, 0.1) is 18.0 Å². The van der Waals surface area contributed by atoms with Crippen LogP contribution in [0.4, 0.5) is 5.82 Å². The summed E-state index contributed by atoms with van der Waals surface area (Å²) in [6, 6.07) is 10.7. The molecule has 0 atom stereocenters. The minimum absolute atomic E-state index is 0.433. The summed E-state index contributed by atoms with van der Waals surface area (Å²) in [5.74, 6) is 1.01. The minimum atomic E-state index is 0.433. The highest BCUT2D eigenvalue weighted by atomic mass is 15.2. The quantitative estimate of drug-likeness (QED) is 0.822. The first-order valence-corrected chi connectivity index (χ1v) is 6.80. The zero-order chi connectivity index (χ0) is 13.2. The first kappa shape index (κ1) is 12.0. The third-order valence-corrected chi connectivity index (χ3v) is 3.70. The van der Waals surface area contributed by atoms with Gasteiger partial charge in [-0.2, -0.15) is 5.26 Å². The van der Waals surface area contributed by atoms with Crippen molar-refractivity contribution in [3.8, 4) is 6.07 Å². The molecule has 1 aromatic carbocycles. The molecule has 1 aromatic heterocycles. The molecule has 3 nitrogen and oxygen atoms in total. The molecule has 2 heterocycles. The molecule has 3 heteroatoms. The second-order valence-electron chi connectivity index (χ2n) is 5.20. The van der Waals surface area contributed by atoms with E-state index in [0.717, 1.165) is 35.4 Å². The molecule has 0 radical (unpaired) electrons. The Morgan fingerprint density at radius 1 is 1.26 bits per heavy atom. The predicted molar refractivity (Wildman–Crippen MR) is 77.2 cm³/mol. The number of pyridine rings is 1. The van der Waals surface area contributed by atoms with Gasteiger partial charge in [0.15, 0.2) is 0 Å². The molecule has 1 aliphatic rings. The molecule has 0 N–H and O–H groups in total. The van der Waals surface area contributed by atoms with Crippen LogP contribution >= 0.6 is 0 Å². The molecule has 1 aliphatic heterocycles. The van der Waals surface area contributed by atoms with Crippen molar-refractivity contribution in [2.45, 2.75) is 26.2 Å². The summed E-state index contributed by atoms with van der Waals surface area (Å²) in [4.78, 5) is 7.10. The number of nitriles is 1. The zero-order valence-electron chi connectivity index (χ0n) is 11.2. The summed E-state index contributed by atoms with van der Waals surface area (Å²) in [6.45, 7) is 4.20. The van der Waals surface area contributed by atoms with Gasteiger partial charge in [-0.3, -0.25) is 0 Å². The van der Waals surface area contributed by atoms with E-state index in [1.807, 2.05) is 0 Å². The normalized spacial score (nSPS) is 14.8. The number of hydrogen-bond donors (Lipinski definition) is 0. The van der Waals surface area contributed by atoms with Crippen LogP contribution in [0.1, 0.15) is 24.0 Å². The minimum Gasteiger partial charge on any atom is -0.356 e. The average molecular weight is 251 g/mol. The van der Waals surface area contributed by atoms with Crippen molar-refractivity contribution in [1.29, 1.82) is 5.26 Å². The van der Waals surface area contributed by atoms with E-state index < -0.39 is 0 Å². The van der Waals surface area contributed by atoms with Gasteiger partial charge in [-0.15, -0.1) is 0 Å². The van der Waals surface area contributed by atoms with Gasteiger partial charge < -0.3 is 4.90 Å². The van der Waals surface area contributed by atoms with Gasteiger partial charge in [-0.05, 0) is 38.0 Å². The molecule has 19 heavy (non-hydrogen) atoms. The van der Waals surface area contributed by atoms with E-state index in [1.54, 1.807) is 0 Å². The standard InChI is InChI=1S/C16H17N3/c1-12-4-5-15-14(10-12)11-13(6-7-17)16(18-15)19-8-2-3-9-19/h4-5,10-11H,2-3,6,8-9H2,1H3. The lowest BCUT2D eigenvalue weighted by Gasteiger charge is -2.20. The van der Waals surface area contributed by atoms with Crippen LogP contribution in [0.25, 0.3) is 10.9 Å². The highest BCUT2D eigenvalue weighted by Gasteiger charge is 2.17. The van der Waals surface area contributed by atoms with E-state index in [4.69, 9.17) is 10.2 Å². The third-order valence-electron chi connectivity index (χ3n) is 3.70. The molecule has 1 fully saturated rings. The number of fused-ring (bicyclic) bond motifs is 1. The van der Waals surface area contributed by atoms with Crippen molar-refractivity contribution >= 4 is 16.7 Å². The Hall–Kier alpha value is -2.08. The van der Waals surface area contributed by atoms with Gasteiger partial charge in [0.1, 0.15) is 5.82 Å². The second kappa shape index (κ2) is 4.89. The molecule has 96 valence electrons. The van der Waals surface area contributed by atoms with Gasteiger partial charge in [-0.1, -0.05) is 11.6 Å². The SMILES string of the molecule is Cc1ccc2nc(N3CCCC3)c(CC#N)cc2c1. The van der Waals surface area contributed by atoms with Crippen molar-refractivity contribution in [2.24, 2.45) is 0 Å². The van der Waals surface area contributed by atoms with Gasteiger partial charge in [-0.25, -0.2) is 4.98 Å². The van der Waals surface area contributed by atoms with Crippen LogP contribution in [0.5, 0.6) is 0 Å². The lowest BCUT2D eigenvalue weighted by Crippen LogP contribution is -2.20. The van der Waals surface area contributed by atoms with Crippen LogP contribution in [-0.2, 0) is 6.42 Å². The second-order valence-corrected chi connectivity index (χ2v) is 5.20. The maximum Gasteiger partial charge on any atom is 0.133 e. The number of nitrogens with zero attached hydrogens (tertiary/aromatic N) is 3. The topological polar surface area (TPSA) is 39.9 Å². The molecule has 0 aliphatic carbocycles. The largest absolute Gasteiger partial charge is 0.356 e. The smallest absolute Gasteiger partial charge is 0.133 e. The first-order valence-electron chi connectivity index (χ1n) is 6.80. The molecule has 0 unspecified atom stereocenters. The Bertz CT molecular complexity index is 649. The van der Waals surface area contributed by atoms with E-state index in [-0.39, 0.29) is 0 Å². The van der Waals surface area contributed by atoms with Crippen LogP contribution in [0.15, 0.2) is 24.3 Å². The molecule has 3 rings (SSSR count). The Morgan fingerprint density at radius 3 is 2.79 bits per heavy atom. The highest BCUT2D eigenvalue weighted by molar-refractivity contribution is 5.82. The van der Waals surface area contributed by atoms with Crippen molar-refractivity contribution in [3.63, 3.8) is 0 Å². The Kier molecular flexibility index (Phi) is 3.08. The lowest BCUT2D eigenvalue weighted by atomic mass is 10.1. The maximum absolute atomic E-state index is 9.02. The summed E-state index contributed by atoms with van der Waals surface area (Å²) in [5.41, 5.74) is 3.31. The van der Waals surface area contributed by atoms with Crippen LogP contribution < -0.4 is 4.90 Å². The van der Waals surface area contributed by atoms with Gasteiger partial charge >= 0.3 is 0 Å². The number of aryl methyl sites for hydroxylation is 1. The fourth-order valence-electron chi connectivity index (χ4n) is 2.75. The van der Waals surface area contributed by atoms with E-state index in [2.05, 4.69) is 42.2 Å². The number of benzene rings is 1. The molecule has 0 saturated carbocycles. The lowest BCUT2D eigenvalue weighted by molar-refractivity contribution is 0.929. The zero-order valence-corrected chi connectivity index (χ0v) is 11.2. The van der Waals surface area contributed by atoms with E-state index >= 15 is 0 Å². The third kappa shape index (κ3) is 2.26. The van der Waals surface area contributed by atoms with E-state index in [9.17, 15) is 0 Å². The van der Waals surface area contributed by atoms with Crippen molar-refractivity contribution in [1.82, 2.24) is 4.98 Å². The molecular formula is C16H17N3. The molecular weight excluding hydrogens is 234 g/mol. The summed E-state index contributed by atoms with van der Waals surface area (Å²) >= 11 is 0. The van der Waals surface area contributed by atoms with Gasteiger partial charge in [0.25, 0.3) is 0 Å². The Morgan fingerprint density at radius 2 is 2.05 bits per heavy atom. The summed E-state index contributed by atoms with van der Waals surface area (Å²) in [5, 5.41) is 10.1. The van der Waals surface area contributed by atoms with Crippen LogP contribution in [0.3, 0.4) is 0 Å². The van der Waals surface area contributed by atoms with Crippen LogP contribution in [0, 0.1) is 18.3 Å². The molecule has 0 bridgehead atoms. The predicted octanol–water partition coefficient (Wildman–Crippen LogP) is 3.21. The molecule has 0 spiro atoms. The number of rotatable bonds is 2. The Labute approximate surface area is 113 Å². The number of aromatic nitrogens is 1. The number of hydrogen-bond acceptors (Lipinski definition) is 3. The van der Waals surface area contributed by atoms with Gasteiger partial charge in [0, 0.05) is 24.0 Å². The summed E-state index contributed by atoms with van der Waals surface area (Å²) < 4.78 is 0.